The summed E-state index contributed by atoms with van der Waals surface area (Å²) in [6.07, 6.45) is 16.3. The fourth-order valence-corrected chi connectivity index (χ4v) is 2.94. The van der Waals surface area contributed by atoms with Crippen LogP contribution in [0.2, 0.25) is 0 Å². The molecule has 0 aromatic carbocycles. The standard InChI is InChI=1S/4C5H10N.2CHF3O3S.Cu/c4*1-2-4-6-5-3-1;2*2-1(3,4)8(5,6)7;/h4*1-5H2;2*(H,5,6,7);/q4*-1;;;/p-2. The van der Waals surface area contributed by atoms with Crippen molar-refractivity contribution in [2.45, 2.75) is 88.1 Å². The molecule has 255 valence electrons. The molecule has 41 heavy (non-hydrogen) atoms. The van der Waals surface area contributed by atoms with Crippen LogP contribution in [0.1, 0.15) is 77.0 Å². The van der Waals surface area contributed by atoms with Crippen molar-refractivity contribution < 1.29 is 69.4 Å². The number of rotatable bonds is 0. The molecule has 4 saturated heterocycles. The van der Waals surface area contributed by atoms with Crippen LogP contribution in [0.15, 0.2) is 0 Å². The zero-order chi connectivity index (χ0) is 31.0. The quantitative estimate of drug-likeness (QED) is 0.125. The Kier molecular flexibility index (Phi) is 28.9. The van der Waals surface area contributed by atoms with Gasteiger partial charge in [-0.05, 0) is 0 Å². The minimum atomic E-state index is -6.09. The second-order valence-electron chi connectivity index (χ2n) is 8.73. The number of hydrogen-bond donors (Lipinski definition) is 0. The second kappa shape index (κ2) is 26.2. The Hall–Kier alpha value is -0.241. The molecule has 0 amide bonds. The summed E-state index contributed by atoms with van der Waals surface area (Å²) in [5.41, 5.74) is -11.3. The van der Waals surface area contributed by atoms with Crippen molar-refractivity contribution in [3.8, 4) is 0 Å². The Morgan fingerprint density at radius 2 is 0.512 bits per heavy atom. The van der Waals surface area contributed by atoms with Crippen molar-refractivity contribution in [2.75, 3.05) is 52.4 Å². The van der Waals surface area contributed by atoms with Gasteiger partial charge in [0.25, 0.3) is 0 Å². The van der Waals surface area contributed by atoms with E-state index >= 15 is 0 Å². The summed E-state index contributed by atoms with van der Waals surface area (Å²) < 4.78 is 118. The van der Waals surface area contributed by atoms with Gasteiger partial charge in [-0.1, -0.05) is 77.0 Å². The van der Waals surface area contributed by atoms with Gasteiger partial charge in [-0.25, -0.2) is 16.8 Å². The minimum Gasteiger partial charge on any atom is -0.741 e. The number of nitrogens with zero attached hydrogens (tertiary/aromatic N) is 4. The number of alkyl halides is 6. The minimum absolute atomic E-state index is 0. The first-order chi connectivity index (χ1) is 18.5. The Bertz CT molecular complexity index is 655. The summed E-state index contributed by atoms with van der Waals surface area (Å²) >= 11 is 0. The predicted molar refractivity (Wildman–Crippen MR) is 139 cm³/mol. The molecule has 4 rings (SSSR count). The van der Waals surface area contributed by atoms with Gasteiger partial charge in [0.05, 0.1) is 0 Å². The van der Waals surface area contributed by atoms with Crippen LogP contribution in [0.4, 0.5) is 26.3 Å². The van der Waals surface area contributed by atoms with Crippen LogP contribution in [0, 0.1) is 0 Å². The summed E-state index contributed by atoms with van der Waals surface area (Å²) in [4.78, 5) is 0. The molecular weight excluding hydrogens is 658 g/mol. The van der Waals surface area contributed by atoms with Gasteiger partial charge in [-0.2, -0.15) is 26.3 Å². The van der Waals surface area contributed by atoms with Crippen molar-refractivity contribution in [3.63, 3.8) is 0 Å². The van der Waals surface area contributed by atoms with E-state index in [1.165, 1.54) is 77.0 Å². The molecule has 4 fully saturated rings. The van der Waals surface area contributed by atoms with Crippen LogP contribution in [-0.2, 0) is 37.3 Å². The van der Waals surface area contributed by atoms with Crippen LogP contribution in [-0.4, -0.2) is 89.3 Å². The molecule has 0 aliphatic carbocycles. The molecule has 0 bridgehead atoms. The van der Waals surface area contributed by atoms with Gasteiger partial charge in [0, 0.05) is 17.1 Å². The predicted octanol–water partition coefficient (Wildman–Crippen LogP) is 6.28. The molecule has 0 aromatic heterocycles. The molecule has 0 spiro atoms. The third kappa shape index (κ3) is 32.5. The normalized spacial score (nSPS) is 19.5. The first-order valence-corrected chi connectivity index (χ1v) is 15.9. The van der Waals surface area contributed by atoms with Crippen molar-refractivity contribution >= 4 is 20.2 Å². The smallest absolute Gasteiger partial charge is 0.485 e. The molecule has 19 heteroatoms. The number of halogens is 6. The van der Waals surface area contributed by atoms with E-state index in [2.05, 4.69) is 21.3 Å². The van der Waals surface area contributed by atoms with E-state index in [9.17, 15) is 26.3 Å². The van der Waals surface area contributed by atoms with E-state index in [4.69, 9.17) is 25.9 Å². The molecule has 1 radical (unpaired) electrons. The molecular formula is C22H40CuF6N4O6S2-6. The molecule has 4 heterocycles. The molecule has 0 aromatic rings. The van der Waals surface area contributed by atoms with Gasteiger partial charge >= 0.3 is 11.0 Å². The maximum atomic E-state index is 10.7. The zero-order valence-corrected chi connectivity index (χ0v) is 25.3. The summed E-state index contributed by atoms with van der Waals surface area (Å²) in [6.45, 7) is 9.00. The Morgan fingerprint density at radius 3 is 0.537 bits per heavy atom. The van der Waals surface area contributed by atoms with E-state index in [-0.39, 0.29) is 17.1 Å². The summed E-state index contributed by atoms with van der Waals surface area (Å²) in [5.74, 6) is 0. The zero-order valence-electron chi connectivity index (χ0n) is 22.8. The third-order valence-electron chi connectivity index (χ3n) is 5.10. The van der Waals surface area contributed by atoms with Crippen LogP contribution < -0.4 is 0 Å². The van der Waals surface area contributed by atoms with Crippen molar-refractivity contribution in [1.82, 2.24) is 0 Å². The average Bonchev–Trinajstić information content (AvgIpc) is 2.92. The molecule has 0 atom stereocenters. The van der Waals surface area contributed by atoms with Gasteiger partial charge in [0.15, 0.2) is 20.2 Å². The summed E-state index contributed by atoms with van der Waals surface area (Å²) in [5, 5.41) is 16.7. The second-order valence-corrected chi connectivity index (χ2v) is 11.5. The van der Waals surface area contributed by atoms with Gasteiger partial charge in [-0.15, -0.1) is 52.4 Å². The van der Waals surface area contributed by atoms with E-state index in [1.807, 2.05) is 0 Å². The maximum Gasteiger partial charge on any atom is 0.485 e. The Balaban J connectivity index is -0.000000422. The largest absolute Gasteiger partial charge is 0.741 e. The fourth-order valence-electron chi connectivity index (χ4n) is 2.94. The van der Waals surface area contributed by atoms with Gasteiger partial charge in [-0.3, -0.25) is 0 Å². The summed E-state index contributed by atoms with van der Waals surface area (Å²) in [6, 6.07) is 0. The van der Waals surface area contributed by atoms with Crippen LogP contribution in [0.3, 0.4) is 0 Å². The molecule has 10 nitrogen and oxygen atoms in total. The number of hydrogen-bond acceptors (Lipinski definition) is 6. The van der Waals surface area contributed by atoms with Gasteiger partial charge in [0.1, 0.15) is 0 Å². The van der Waals surface area contributed by atoms with Crippen LogP contribution >= 0.6 is 0 Å². The van der Waals surface area contributed by atoms with Crippen molar-refractivity contribution in [1.29, 1.82) is 0 Å². The third-order valence-corrected chi connectivity index (χ3v) is 6.23. The van der Waals surface area contributed by atoms with Crippen LogP contribution in [0.5, 0.6) is 0 Å². The molecule has 4 aliphatic rings. The fraction of sp³-hybridized carbons (Fsp3) is 1.00. The molecule has 4 aliphatic heterocycles. The van der Waals surface area contributed by atoms with Crippen LogP contribution in [0.25, 0.3) is 21.3 Å². The Labute approximate surface area is 250 Å². The maximum absolute atomic E-state index is 10.7. The Morgan fingerprint density at radius 1 is 0.390 bits per heavy atom. The number of piperidine rings is 4. The van der Waals surface area contributed by atoms with Crippen molar-refractivity contribution in [2.24, 2.45) is 0 Å². The topological polar surface area (TPSA) is 171 Å². The molecule has 0 saturated carbocycles. The SMILES string of the molecule is C1CC[N-]CC1.C1CC[N-]CC1.C1CC[N-]CC1.C1CC[N-]CC1.O=S(=O)([O-])C(F)(F)F.O=S(=O)([O-])C(F)(F)F.[Cu]. The monoisotopic (exact) mass is 697 g/mol. The summed E-state index contributed by atoms with van der Waals surface area (Å²) in [7, 11) is -12.2. The van der Waals surface area contributed by atoms with E-state index in [0.29, 0.717) is 0 Å². The average molecular weight is 698 g/mol. The van der Waals surface area contributed by atoms with Crippen molar-refractivity contribution in [3.05, 3.63) is 21.3 Å². The van der Waals surface area contributed by atoms with E-state index in [1.54, 1.807) is 0 Å². The van der Waals surface area contributed by atoms with Gasteiger partial charge in [0.2, 0.25) is 0 Å². The van der Waals surface area contributed by atoms with E-state index < -0.39 is 31.3 Å². The first-order valence-electron chi connectivity index (χ1n) is 13.1. The first kappa shape index (κ1) is 45.2. The van der Waals surface area contributed by atoms with Gasteiger partial charge < -0.3 is 30.4 Å². The molecule has 0 unspecified atom stereocenters. The molecule has 0 N–H and O–H groups in total. The van der Waals surface area contributed by atoms with E-state index in [0.717, 1.165) is 52.4 Å².